The van der Waals surface area contributed by atoms with Gasteiger partial charge in [-0.05, 0) is 18.6 Å². The van der Waals surface area contributed by atoms with Gasteiger partial charge in [-0.25, -0.2) is 4.79 Å². The van der Waals surface area contributed by atoms with E-state index in [2.05, 4.69) is 11.9 Å². The molecule has 0 aliphatic rings. The van der Waals surface area contributed by atoms with Crippen molar-refractivity contribution in [2.45, 2.75) is 13.3 Å². The van der Waals surface area contributed by atoms with Crippen molar-refractivity contribution in [2.75, 3.05) is 7.05 Å². The number of hydrogen-bond acceptors (Lipinski definition) is 2. The molecule has 3 nitrogen and oxygen atoms in total. The summed E-state index contributed by atoms with van der Waals surface area (Å²) in [6.45, 7) is 5.55. The van der Waals surface area contributed by atoms with Crippen LogP contribution in [0.5, 0.6) is 0 Å². The summed E-state index contributed by atoms with van der Waals surface area (Å²) in [7, 11) is 1.50. The third-order valence-electron chi connectivity index (χ3n) is 1.25. The third kappa shape index (κ3) is 7.43. The van der Waals surface area contributed by atoms with Crippen LogP contribution in [-0.2, 0) is 4.74 Å². The van der Waals surface area contributed by atoms with Gasteiger partial charge >= 0.3 is 6.09 Å². The van der Waals surface area contributed by atoms with Crippen LogP contribution < -0.4 is 5.32 Å². The van der Waals surface area contributed by atoms with Crippen molar-refractivity contribution in [2.24, 2.45) is 0 Å². The maximum atomic E-state index is 10.8. The standard InChI is InChI=1S/C10H15NO2.ClH/c1-4-6-7-8-9(5-2)13-10(12)11-3;/h5-8H,2,4H2,1,3H3,(H,11,12);1H. The van der Waals surface area contributed by atoms with E-state index in [1.54, 1.807) is 6.08 Å². The number of nitrogens with one attached hydrogen (secondary N) is 1. The van der Waals surface area contributed by atoms with Crippen molar-refractivity contribution in [1.29, 1.82) is 0 Å². The Kier molecular flexibility index (Phi) is 10.8. The maximum Gasteiger partial charge on any atom is 0.412 e. The zero-order valence-electron chi connectivity index (χ0n) is 8.45. The number of hydrogen-bond donors (Lipinski definition) is 1. The van der Waals surface area contributed by atoms with Gasteiger partial charge in [0.05, 0.1) is 0 Å². The van der Waals surface area contributed by atoms with E-state index >= 15 is 0 Å². The zero-order chi connectivity index (χ0) is 10.1. The SMILES string of the molecule is C=CC(=CC=CCC)OC(=O)NC.Cl. The van der Waals surface area contributed by atoms with Crippen molar-refractivity contribution in [3.8, 4) is 0 Å². The predicted octanol–water partition coefficient (Wildman–Crippen LogP) is 2.80. The highest BCUT2D eigenvalue weighted by molar-refractivity contribution is 5.85. The molecule has 14 heavy (non-hydrogen) atoms. The molecule has 0 radical (unpaired) electrons. The molecule has 0 rings (SSSR count). The Hall–Kier alpha value is -1.22. The number of allylic oxidation sites excluding steroid dienone is 4. The number of ether oxygens (including phenoxy) is 1. The van der Waals surface area contributed by atoms with Crippen LogP contribution in [0.25, 0.3) is 0 Å². The van der Waals surface area contributed by atoms with Crippen LogP contribution in [0.2, 0.25) is 0 Å². The topological polar surface area (TPSA) is 38.3 Å². The third-order valence-corrected chi connectivity index (χ3v) is 1.25. The molecular weight excluding hydrogens is 202 g/mol. The van der Waals surface area contributed by atoms with Crippen LogP contribution >= 0.6 is 12.4 Å². The van der Waals surface area contributed by atoms with Gasteiger partial charge < -0.3 is 10.1 Å². The normalized spacial score (nSPS) is 10.6. The van der Waals surface area contributed by atoms with Crippen LogP contribution in [0.1, 0.15) is 13.3 Å². The van der Waals surface area contributed by atoms with E-state index in [1.165, 1.54) is 13.1 Å². The molecule has 0 saturated carbocycles. The molecule has 0 aromatic rings. The Bertz CT molecular complexity index is 234. The van der Waals surface area contributed by atoms with E-state index in [9.17, 15) is 4.79 Å². The minimum atomic E-state index is -0.490. The molecular formula is C10H16ClNO2. The first-order chi connectivity index (χ1) is 6.24. The van der Waals surface area contributed by atoms with Gasteiger partial charge in [-0.15, -0.1) is 12.4 Å². The Morgan fingerprint density at radius 1 is 1.57 bits per heavy atom. The molecule has 1 N–H and O–H groups in total. The van der Waals surface area contributed by atoms with Gasteiger partial charge in [0, 0.05) is 7.05 Å². The highest BCUT2D eigenvalue weighted by Gasteiger charge is 1.98. The maximum absolute atomic E-state index is 10.8. The van der Waals surface area contributed by atoms with Gasteiger partial charge in [-0.1, -0.05) is 25.7 Å². The molecule has 4 heteroatoms. The van der Waals surface area contributed by atoms with Crippen LogP contribution in [0.3, 0.4) is 0 Å². The Balaban J connectivity index is 0. The fraction of sp³-hybridized carbons (Fsp3) is 0.300. The smallest absolute Gasteiger partial charge is 0.410 e. The average molecular weight is 218 g/mol. The van der Waals surface area contributed by atoms with Crippen molar-refractivity contribution in [1.82, 2.24) is 5.32 Å². The fourth-order valence-electron chi connectivity index (χ4n) is 0.601. The summed E-state index contributed by atoms with van der Waals surface area (Å²) in [5, 5.41) is 2.35. The lowest BCUT2D eigenvalue weighted by atomic mass is 10.3. The van der Waals surface area contributed by atoms with Gasteiger partial charge in [0.2, 0.25) is 0 Å². The molecule has 0 bridgehead atoms. The van der Waals surface area contributed by atoms with Gasteiger partial charge in [0.15, 0.2) is 0 Å². The lowest BCUT2D eigenvalue weighted by Crippen LogP contribution is -2.18. The molecule has 0 aliphatic carbocycles. The van der Waals surface area contributed by atoms with E-state index in [0.717, 1.165) is 6.42 Å². The van der Waals surface area contributed by atoms with E-state index in [0.29, 0.717) is 5.76 Å². The molecule has 0 aromatic heterocycles. The van der Waals surface area contributed by atoms with Crippen molar-refractivity contribution < 1.29 is 9.53 Å². The lowest BCUT2D eigenvalue weighted by Gasteiger charge is -2.01. The average Bonchev–Trinajstić information content (AvgIpc) is 2.16. The number of alkyl carbamates (subject to hydrolysis) is 1. The number of amides is 1. The number of rotatable bonds is 4. The number of carbonyl (C=O) groups is 1. The summed E-state index contributed by atoms with van der Waals surface area (Å²) in [4.78, 5) is 10.8. The lowest BCUT2D eigenvalue weighted by molar-refractivity contribution is 0.181. The highest BCUT2D eigenvalue weighted by atomic mass is 35.5. The minimum Gasteiger partial charge on any atom is -0.410 e. The van der Waals surface area contributed by atoms with Crippen molar-refractivity contribution >= 4 is 18.5 Å². The summed E-state index contributed by atoms with van der Waals surface area (Å²) in [5.41, 5.74) is 0. The second-order valence-corrected chi connectivity index (χ2v) is 2.25. The highest BCUT2D eigenvalue weighted by Crippen LogP contribution is 1.99. The van der Waals surface area contributed by atoms with Crippen molar-refractivity contribution in [3.05, 3.63) is 36.6 Å². The van der Waals surface area contributed by atoms with Crippen LogP contribution in [-0.4, -0.2) is 13.1 Å². The quantitative estimate of drug-likeness (QED) is 0.581. The van der Waals surface area contributed by atoms with Gasteiger partial charge in [-0.2, -0.15) is 0 Å². The molecule has 0 fully saturated rings. The molecule has 80 valence electrons. The van der Waals surface area contributed by atoms with Crippen molar-refractivity contribution in [3.63, 3.8) is 0 Å². The number of halogens is 1. The molecule has 0 spiro atoms. The number of carbonyl (C=O) groups excluding carboxylic acids is 1. The van der Waals surface area contributed by atoms with Gasteiger partial charge in [0.25, 0.3) is 0 Å². The van der Waals surface area contributed by atoms with E-state index in [1.807, 2.05) is 19.1 Å². The van der Waals surface area contributed by atoms with Gasteiger partial charge in [-0.3, -0.25) is 0 Å². The van der Waals surface area contributed by atoms with E-state index in [4.69, 9.17) is 4.74 Å². The first kappa shape index (κ1) is 15.3. The summed E-state index contributed by atoms with van der Waals surface area (Å²) >= 11 is 0. The molecule has 1 amide bonds. The Morgan fingerprint density at radius 2 is 2.21 bits per heavy atom. The van der Waals surface area contributed by atoms with Crippen LogP contribution in [0, 0.1) is 0 Å². The summed E-state index contributed by atoms with van der Waals surface area (Å²) in [6.07, 6.45) is 7.40. The first-order valence-corrected chi connectivity index (χ1v) is 4.13. The summed E-state index contributed by atoms with van der Waals surface area (Å²) in [5.74, 6) is 0.434. The second kappa shape index (κ2) is 9.86. The Morgan fingerprint density at radius 3 is 2.64 bits per heavy atom. The van der Waals surface area contributed by atoms with E-state index < -0.39 is 6.09 Å². The zero-order valence-corrected chi connectivity index (χ0v) is 9.26. The Labute approximate surface area is 90.9 Å². The molecule has 0 unspecified atom stereocenters. The van der Waals surface area contributed by atoms with Gasteiger partial charge in [0.1, 0.15) is 5.76 Å². The molecule has 0 heterocycles. The monoisotopic (exact) mass is 217 g/mol. The second-order valence-electron chi connectivity index (χ2n) is 2.25. The molecule has 0 aromatic carbocycles. The van der Waals surface area contributed by atoms with Crippen LogP contribution in [0.4, 0.5) is 4.79 Å². The minimum absolute atomic E-state index is 0. The first-order valence-electron chi connectivity index (χ1n) is 4.13. The molecule has 0 saturated heterocycles. The fourth-order valence-corrected chi connectivity index (χ4v) is 0.601. The largest absolute Gasteiger partial charge is 0.412 e. The summed E-state index contributed by atoms with van der Waals surface area (Å²) < 4.78 is 4.84. The predicted molar refractivity (Wildman–Crippen MR) is 60.5 cm³/mol. The van der Waals surface area contributed by atoms with E-state index in [-0.39, 0.29) is 12.4 Å². The molecule has 0 aliphatic heterocycles. The summed E-state index contributed by atoms with van der Waals surface area (Å²) in [6, 6.07) is 0. The van der Waals surface area contributed by atoms with Crippen LogP contribution in [0.15, 0.2) is 36.6 Å². The molecule has 0 atom stereocenters.